The molecule has 1 saturated carbocycles. The van der Waals surface area contributed by atoms with Gasteiger partial charge in [0.1, 0.15) is 24.2 Å². The van der Waals surface area contributed by atoms with E-state index in [9.17, 15) is 0 Å². The topological polar surface area (TPSA) is 76.4 Å². The molecule has 29 heavy (non-hydrogen) atoms. The van der Waals surface area contributed by atoms with E-state index in [4.69, 9.17) is 9.73 Å². The first-order chi connectivity index (χ1) is 13.5. The van der Waals surface area contributed by atoms with Gasteiger partial charge in [-0.3, -0.25) is 0 Å². The summed E-state index contributed by atoms with van der Waals surface area (Å²) in [6.07, 6.45) is 4.96. The van der Waals surface area contributed by atoms with Crippen LogP contribution in [0.3, 0.4) is 0 Å². The van der Waals surface area contributed by atoms with Gasteiger partial charge in [0.15, 0.2) is 11.8 Å². The Labute approximate surface area is 190 Å². The first-order valence-corrected chi connectivity index (χ1v) is 10.1. The van der Waals surface area contributed by atoms with Gasteiger partial charge in [-0.2, -0.15) is 0 Å². The Morgan fingerprint density at radius 1 is 1.24 bits per heavy atom. The minimum absolute atomic E-state index is 0. The van der Waals surface area contributed by atoms with Gasteiger partial charge < -0.3 is 19.9 Å². The van der Waals surface area contributed by atoms with Crippen molar-refractivity contribution >= 4 is 29.9 Å². The molecule has 0 bridgehead atoms. The van der Waals surface area contributed by atoms with E-state index >= 15 is 0 Å². The number of halogens is 1. The molecule has 1 aromatic carbocycles. The summed E-state index contributed by atoms with van der Waals surface area (Å²) >= 11 is 0. The highest BCUT2D eigenvalue weighted by Crippen LogP contribution is 2.18. The fourth-order valence-corrected chi connectivity index (χ4v) is 3.34. The van der Waals surface area contributed by atoms with Crippen LogP contribution in [0.5, 0.6) is 5.75 Å². The van der Waals surface area contributed by atoms with Gasteiger partial charge in [-0.15, -0.1) is 34.2 Å². The standard InChI is InChI=1S/C21H32N6O.HI/c1-15-9-5-8-12-19(15)28-16(2)13-22-21(24-18-10-6-7-11-18)23-14-20-26-25-17(3)27(20)4;/h5,8-9,12,16,18H,6-7,10-11,13-14H2,1-4H3,(H2,22,23,24);1H. The highest BCUT2D eigenvalue weighted by atomic mass is 127. The van der Waals surface area contributed by atoms with E-state index < -0.39 is 0 Å². The van der Waals surface area contributed by atoms with Crippen LogP contribution in [0.1, 0.15) is 49.8 Å². The zero-order valence-electron chi connectivity index (χ0n) is 17.8. The van der Waals surface area contributed by atoms with Crippen molar-refractivity contribution in [3.05, 3.63) is 41.5 Å². The normalized spacial score (nSPS) is 15.7. The molecule has 1 aromatic heterocycles. The molecule has 3 rings (SSSR count). The summed E-state index contributed by atoms with van der Waals surface area (Å²) in [4.78, 5) is 4.74. The Kier molecular flexibility index (Phi) is 9.19. The van der Waals surface area contributed by atoms with Gasteiger partial charge in [0.05, 0.1) is 6.54 Å². The number of guanidine groups is 1. The first-order valence-electron chi connectivity index (χ1n) is 10.1. The molecule has 8 heteroatoms. The molecule has 1 unspecified atom stereocenters. The Morgan fingerprint density at radius 3 is 2.62 bits per heavy atom. The van der Waals surface area contributed by atoms with Crippen molar-refractivity contribution in [2.24, 2.45) is 12.0 Å². The average Bonchev–Trinajstić information content (AvgIpc) is 3.30. The van der Waals surface area contributed by atoms with Crippen LogP contribution < -0.4 is 15.4 Å². The minimum Gasteiger partial charge on any atom is -0.489 e. The van der Waals surface area contributed by atoms with Crippen molar-refractivity contribution in [1.29, 1.82) is 0 Å². The number of benzene rings is 1. The smallest absolute Gasteiger partial charge is 0.192 e. The maximum absolute atomic E-state index is 6.08. The highest BCUT2D eigenvalue weighted by Gasteiger charge is 2.17. The van der Waals surface area contributed by atoms with E-state index in [0.717, 1.165) is 28.9 Å². The largest absolute Gasteiger partial charge is 0.489 e. The number of aromatic nitrogens is 3. The van der Waals surface area contributed by atoms with E-state index in [1.165, 1.54) is 25.7 Å². The fraction of sp³-hybridized carbons (Fsp3) is 0.571. The van der Waals surface area contributed by atoms with Crippen LogP contribution >= 0.6 is 24.0 Å². The summed E-state index contributed by atoms with van der Waals surface area (Å²) in [6, 6.07) is 8.58. The minimum atomic E-state index is 0. The molecule has 7 nitrogen and oxygen atoms in total. The second kappa shape index (κ2) is 11.4. The molecule has 2 aromatic rings. The number of para-hydroxylation sites is 1. The Morgan fingerprint density at radius 2 is 1.97 bits per heavy atom. The van der Waals surface area contributed by atoms with E-state index in [0.29, 0.717) is 19.1 Å². The van der Waals surface area contributed by atoms with Gasteiger partial charge in [0.2, 0.25) is 0 Å². The van der Waals surface area contributed by atoms with Gasteiger partial charge in [0.25, 0.3) is 0 Å². The second-order valence-corrected chi connectivity index (χ2v) is 7.59. The lowest BCUT2D eigenvalue weighted by molar-refractivity contribution is 0.222. The van der Waals surface area contributed by atoms with Gasteiger partial charge in [0, 0.05) is 13.1 Å². The maximum Gasteiger partial charge on any atom is 0.192 e. The molecule has 1 aliphatic rings. The van der Waals surface area contributed by atoms with Crippen molar-refractivity contribution < 1.29 is 4.74 Å². The lowest BCUT2D eigenvalue weighted by Crippen LogP contribution is -2.45. The number of aliphatic imine (C=N–C) groups is 1. The van der Waals surface area contributed by atoms with Crippen LogP contribution in [0.4, 0.5) is 0 Å². The number of ether oxygens (including phenoxy) is 1. The summed E-state index contributed by atoms with van der Waals surface area (Å²) in [5.74, 6) is 3.49. The van der Waals surface area contributed by atoms with Crippen molar-refractivity contribution in [2.45, 2.75) is 65.1 Å². The second-order valence-electron chi connectivity index (χ2n) is 7.59. The molecular weight excluding hydrogens is 479 g/mol. The molecular formula is C21H33IN6O. The first kappa shape index (κ1) is 23.4. The Balaban J connectivity index is 0.00000300. The van der Waals surface area contributed by atoms with E-state index in [1.54, 1.807) is 0 Å². The lowest BCUT2D eigenvalue weighted by Gasteiger charge is -2.21. The Hall–Kier alpha value is -1.84. The summed E-state index contributed by atoms with van der Waals surface area (Å²) < 4.78 is 8.05. The van der Waals surface area contributed by atoms with Crippen LogP contribution in [0.2, 0.25) is 0 Å². The maximum atomic E-state index is 6.08. The summed E-state index contributed by atoms with van der Waals surface area (Å²) in [5, 5.41) is 15.3. The number of nitrogens with one attached hydrogen (secondary N) is 2. The molecule has 0 saturated heterocycles. The predicted octanol–water partition coefficient (Wildman–Crippen LogP) is 3.50. The van der Waals surface area contributed by atoms with Gasteiger partial charge >= 0.3 is 0 Å². The summed E-state index contributed by atoms with van der Waals surface area (Å²) in [6.45, 7) is 7.24. The van der Waals surface area contributed by atoms with Crippen molar-refractivity contribution in [2.75, 3.05) is 6.54 Å². The number of nitrogens with zero attached hydrogens (tertiary/aromatic N) is 4. The highest BCUT2D eigenvalue weighted by molar-refractivity contribution is 14.0. The summed E-state index contributed by atoms with van der Waals surface area (Å²) in [7, 11) is 1.97. The molecule has 0 amide bonds. The zero-order chi connectivity index (χ0) is 19.9. The third kappa shape index (κ3) is 6.87. The van der Waals surface area contributed by atoms with Crippen LogP contribution in [-0.4, -0.2) is 39.4 Å². The zero-order valence-corrected chi connectivity index (χ0v) is 20.1. The molecule has 1 aliphatic carbocycles. The third-order valence-electron chi connectivity index (χ3n) is 5.24. The molecule has 160 valence electrons. The predicted molar refractivity (Wildman–Crippen MR) is 127 cm³/mol. The van der Waals surface area contributed by atoms with Crippen LogP contribution in [0.25, 0.3) is 0 Å². The number of aryl methyl sites for hydroxylation is 2. The van der Waals surface area contributed by atoms with Crippen LogP contribution in [0.15, 0.2) is 29.3 Å². The number of hydrogen-bond donors (Lipinski definition) is 2. The molecule has 2 N–H and O–H groups in total. The van der Waals surface area contributed by atoms with Crippen LogP contribution in [-0.2, 0) is 13.6 Å². The third-order valence-corrected chi connectivity index (χ3v) is 5.24. The van der Waals surface area contributed by atoms with Crippen molar-refractivity contribution in [3.8, 4) is 5.75 Å². The molecule has 1 fully saturated rings. The molecule has 1 atom stereocenters. The molecule has 0 aliphatic heterocycles. The fourth-order valence-electron chi connectivity index (χ4n) is 3.34. The number of rotatable bonds is 7. The molecule has 0 spiro atoms. The quantitative estimate of drug-likeness (QED) is 0.338. The lowest BCUT2D eigenvalue weighted by atomic mass is 10.2. The van der Waals surface area contributed by atoms with Gasteiger partial charge in [-0.1, -0.05) is 31.0 Å². The van der Waals surface area contributed by atoms with Gasteiger partial charge in [-0.25, -0.2) is 4.99 Å². The van der Waals surface area contributed by atoms with Crippen LogP contribution in [0, 0.1) is 13.8 Å². The SMILES string of the molecule is Cc1ccccc1OC(C)CNC(=NCc1nnc(C)n1C)NC1CCCC1.I. The monoisotopic (exact) mass is 512 g/mol. The molecule has 0 radical (unpaired) electrons. The van der Waals surface area contributed by atoms with E-state index in [2.05, 4.69) is 40.7 Å². The van der Waals surface area contributed by atoms with Crippen molar-refractivity contribution in [1.82, 2.24) is 25.4 Å². The van der Waals surface area contributed by atoms with E-state index in [1.807, 2.05) is 36.7 Å². The Bertz CT molecular complexity index is 800. The van der Waals surface area contributed by atoms with Crippen molar-refractivity contribution in [3.63, 3.8) is 0 Å². The summed E-state index contributed by atoms with van der Waals surface area (Å²) in [5.41, 5.74) is 1.14. The average molecular weight is 512 g/mol. The van der Waals surface area contributed by atoms with Gasteiger partial charge in [-0.05, 0) is 45.2 Å². The van der Waals surface area contributed by atoms with E-state index in [-0.39, 0.29) is 30.1 Å². The molecule has 1 heterocycles. The number of hydrogen-bond acceptors (Lipinski definition) is 4.